The first-order valence-electron chi connectivity index (χ1n) is 15.4. The number of halogens is 2. The molecule has 0 unspecified atom stereocenters. The fourth-order valence-corrected chi connectivity index (χ4v) is 5.74. The topological polar surface area (TPSA) is 165 Å². The normalized spacial score (nSPS) is 15.3. The van der Waals surface area contributed by atoms with Crippen molar-refractivity contribution in [3.8, 4) is 23.1 Å². The summed E-state index contributed by atoms with van der Waals surface area (Å²) >= 11 is 0. The molecule has 3 N–H and O–H groups in total. The molecule has 0 aliphatic carbocycles. The van der Waals surface area contributed by atoms with Crippen molar-refractivity contribution in [1.29, 1.82) is 5.26 Å². The predicted octanol–water partition coefficient (Wildman–Crippen LogP) is 4.29. The molecule has 15 heteroatoms. The zero-order valence-corrected chi connectivity index (χ0v) is 27.7. The number of anilines is 2. The van der Waals surface area contributed by atoms with Crippen LogP contribution in [0.5, 0.6) is 5.75 Å². The van der Waals surface area contributed by atoms with Crippen LogP contribution in [0.4, 0.5) is 20.3 Å². The third-order valence-electron chi connectivity index (χ3n) is 7.99. The number of nitrogens with one attached hydrogen (secondary N) is 2. The number of aromatic nitrogens is 3. The molecule has 1 atom stereocenters. The summed E-state index contributed by atoms with van der Waals surface area (Å²) in [5, 5.41) is 21.0. The molecule has 2 fully saturated rings. The molecular formula is C34H40F2N8O5. The van der Waals surface area contributed by atoms with E-state index in [-0.39, 0.29) is 23.7 Å². The molecule has 2 aromatic carbocycles. The number of nitrogens with zero attached hydrogens (tertiary/aromatic N) is 6. The van der Waals surface area contributed by atoms with Crippen molar-refractivity contribution in [2.24, 2.45) is 0 Å². The molecule has 1 amide bonds. The van der Waals surface area contributed by atoms with Crippen molar-refractivity contribution >= 4 is 36.3 Å². The van der Waals surface area contributed by atoms with E-state index in [0.717, 1.165) is 50.5 Å². The van der Waals surface area contributed by atoms with Crippen molar-refractivity contribution in [3.05, 3.63) is 71.7 Å². The SMILES string of the molecule is C=O.CC#N.COc1ccc(-c2cnc3c(Nc4ccc(C(=O)N5CCN(C[C@@H]6CCCN6)CC5)c(C)c4)nccn23)c(F)c1F.O=CO. The van der Waals surface area contributed by atoms with E-state index in [0.29, 0.717) is 28.8 Å². The molecule has 4 heterocycles. The second-order valence-corrected chi connectivity index (χ2v) is 10.9. The van der Waals surface area contributed by atoms with Crippen LogP contribution in [0.2, 0.25) is 0 Å². The third-order valence-corrected chi connectivity index (χ3v) is 7.99. The summed E-state index contributed by atoms with van der Waals surface area (Å²) in [7, 11) is 1.29. The summed E-state index contributed by atoms with van der Waals surface area (Å²) in [6, 6.07) is 10.7. The zero-order valence-electron chi connectivity index (χ0n) is 27.7. The Labute approximate surface area is 283 Å². The summed E-state index contributed by atoms with van der Waals surface area (Å²) < 4.78 is 35.7. The summed E-state index contributed by atoms with van der Waals surface area (Å²) in [6.07, 6.45) is 7.15. The summed E-state index contributed by atoms with van der Waals surface area (Å²) in [5.74, 6) is -1.75. The van der Waals surface area contributed by atoms with Gasteiger partial charge in [-0.05, 0) is 62.2 Å². The minimum absolute atomic E-state index is 0.0413. The number of methoxy groups -OCH3 is 1. The molecule has 0 radical (unpaired) electrons. The smallest absolute Gasteiger partial charge is 0.290 e. The van der Waals surface area contributed by atoms with Gasteiger partial charge in [-0.15, -0.1) is 0 Å². The number of aryl methyl sites for hydroxylation is 1. The summed E-state index contributed by atoms with van der Waals surface area (Å²) in [4.78, 5) is 42.9. The maximum Gasteiger partial charge on any atom is 0.290 e. The highest BCUT2D eigenvalue weighted by Crippen LogP contribution is 2.31. The van der Waals surface area contributed by atoms with Crippen LogP contribution in [0, 0.1) is 29.9 Å². The standard InChI is InChI=1S/C30H33F2N7O2.C2H3N.CH2O2.CH2O/c1-19-16-20(5-6-22(19)30(40)38-14-12-37(13-15-38)18-21-4-3-9-33-21)36-28-29-35-17-24(39(29)11-10-34-28)23-7-8-25(41-2)27(32)26(23)31;1-2-3;2-1-3;1-2/h5-8,10-11,16-17,21,33H,3-4,9,12-15,18H2,1-2H3,(H,34,36);1H3;1H,(H,2,3);1H2/t21-;;;/m0.../s1. The Morgan fingerprint density at radius 2 is 1.88 bits per heavy atom. The minimum Gasteiger partial charge on any atom is -0.494 e. The van der Waals surface area contributed by atoms with E-state index in [9.17, 15) is 13.6 Å². The summed E-state index contributed by atoms with van der Waals surface area (Å²) in [5.41, 5.74) is 3.14. The fraction of sp³-hybridized carbons (Fsp3) is 0.353. The second kappa shape index (κ2) is 18.8. The van der Waals surface area contributed by atoms with E-state index in [1.165, 1.54) is 45.2 Å². The highest BCUT2D eigenvalue weighted by atomic mass is 19.2. The number of carbonyl (C=O) groups excluding carboxylic acids is 2. The molecule has 0 spiro atoms. The van der Waals surface area contributed by atoms with Crippen molar-refractivity contribution in [2.75, 3.05) is 51.7 Å². The molecular weight excluding hydrogens is 638 g/mol. The molecule has 0 bridgehead atoms. The van der Waals surface area contributed by atoms with Crippen molar-refractivity contribution < 1.29 is 33.0 Å². The van der Waals surface area contributed by atoms with E-state index < -0.39 is 11.6 Å². The average Bonchev–Trinajstić information content (AvgIpc) is 3.79. The van der Waals surface area contributed by atoms with Crippen LogP contribution in [-0.2, 0) is 9.59 Å². The van der Waals surface area contributed by atoms with Crippen LogP contribution in [0.25, 0.3) is 16.9 Å². The fourth-order valence-electron chi connectivity index (χ4n) is 5.74. The van der Waals surface area contributed by atoms with Gasteiger partial charge in [-0.2, -0.15) is 9.65 Å². The van der Waals surface area contributed by atoms with Gasteiger partial charge >= 0.3 is 0 Å². The molecule has 260 valence electrons. The van der Waals surface area contributed by atoms with Crippen molar-refractivity contribution in [1.82, 2.24) is 29.5 Å². The van der Waals surface area contributed by atoms with Gasteiger partial charge in [0, 0.05) is 74.9 Å². The van der Waals surface area contributed by atoms with Gasteiger partial charge in [-0.3, -0.25) is 18.9 Å². The van der Waals surface area contributed by atoms with Crippen molar-refractivity contribution in [2.45, 2.75) is 32.7 Å². The number of nitriles is 1. The van der Waals surface area contributed by atoms with E-state index in [4.69, 9.17) is 24.7 Å². The van der Waals surface area contributed by atoms with Crippen LogP contribution in [0.1, 0.15) is 35.7 Å². The Morgan fingerprint density at radius 3 is 2.49 bits per heavy atom. The zero-order chi connectivity index (χ0) is 35.9. The van der Waals surface area contributed by atoms with Crippen LogP contribution in [0.15, 0.2) is 48.9 Å². The molecule has 2 aliphatic heterocycles. The Morgan fingerprint density at radius 1 is 1.18 bits per heavy atom. The van der Waals surface area contributed by atoms with Crippen LogP contribution in [-0.4, -0.2) is 101 Å². The van der Waals surface area contributed by atoms with Gasteiger partial charge < -0.3 is 30.2 Å². The average molecular weight is 679 g/mol. The maximum absolute atomic E-state index is 14.8. The number of amides is 1. The number of ether oxygens (including phenoxy) is 1. The van der Waals surface area contributed by atoms with Gasteiger partial charge in [0.2, 0.25) is 5.82 Å². The monoisotopic (exact) mass is 678 g/mol. The van der Waals surface area contributed by atoms with Crippen LogP contribution < -0.4 is 15.4 Å². The van der Waals surface area contributed by atoms with E-state index in [1.54, 1.807) is 22.9 Å². The Kier molecular flexibility index (Phi) is 14.6. The van der Waals surface area contributed by atoms with E-state index >= 15 is 0 Å². The van der Waals surface area contributed by atoms with E-state index in [2.05, 4.69) is 25.5 Å². The lowest BCUT2D eigenvalue weighted by Gasteiger charge is -2.36. The molecule has 2 saturated heterocycles. The van der Waals surface area contributed by atoms with Crippen molar-refractivity contribution in [3.63, 3.8) is 0 Å². The lowest BCUT2D eigenvalue weighted by atomic mass is 10.1. The number of carbonyl (C=O) groups is 3. The first-order valence-corrected chi connectivity index (χ1v) is 15.4. The van der Waals surface area contributed by atoms with Gasteiger partial charge in [-0.1, -0.05) is 0 Å². The highest BCUT2D eigenvalue weighted by molar-refractivity contribution is 5.96. The number of fused-ring (bicyclic) bond motifs is 1. The summed E-state index contributed by atoms with van der Waals surface area (Å²) in [6.45, 7) is 10.5. The van der Waals surface area contributed by atoms with Gasteiger partial charge in [0.1, 0.15) is 6.79 Å². The van der Waals surface area contributed by atoms with Crippen LogP contribution >= 0.6 is 0 Å². The molecule has 2 aromatic heterocycles. The predicted molar refractivity (Wildman–Crippen MR) is 180 cm³/mol. The molecule has 4 aromatic rings. The van der Waals surface area contributed by atoms with Gasteiger partial charge in [-0.25, -0.2) is 14.4 Å². The van der Waals surface area contributed by atoms with Gasteiger partial charge in [0.05, 0.1) is 25.1 Å². The largest absolute Gasteiger partial charge is 0.494 e. The molecule has 13 nitrogen and oxygen atoms in total. The minimum atomic E-state index is -1.05. The van der Waals surface area contributed by atoms with Gasteiger partial charge in [0.25, 0.3) is 12.4 Å². The van der Waals surface area contributed by atoms with Crippen LogP contribution in [0.3, 0.4) is 0 Å². The first-order chi connectivity index (χ1) is 23.8. The lowest BCUT2D eigenvalue weighted by Crippen LogP contribution is -2.51. The number of piperazine rings is 1. The third kappa shape index (κ3) is 9.34. The molecule has 49 heavy (non-hydrogen) atoms. The number of hydrogen-bond donors (Lipinski definition) is 3. The molecule has 6 rings (SSSR count). The number of imidazole rings is 1. The Hall–Kier alpha value is -5.46. The number of carboxylic acid groups (broad SMARTS) is 1. The molecule has 2 aliphatic rings. The van der Waals surface area contributed by atoms with Gasteiger partial charge in [0.15, 0.2) is 23.0 Å². The Balaban J connectivity index is 0.000000747. The quantitative estimate of drug-likeness (QED) is 0.239. The van der Waals surface area contributed by atoms with E-state index in [1.807, 2.05) is 36.8 Å². The highest BCUT2D eigenvalue weighted by Gasteiger charge is 2.26. The number of benzene rings is 2. The number of rotatable bonds is 7. The first kappa shape index (κ1) is 38.0. The second-order valence-electron chi connectivity index (χ2n) is 10.9. The lowest BCUT2D eigenvalue weighted by molar-refractivity contribution is -0.122. The Bertz CT molecular complexity index is 1750. The maximum atomic E-state index is 14.8. The number of hydrogen-bond acceptors (Lipinski definition) is 10. The molecule has 0 saturated carbocycles.